The number of aryl methyl sites for hydroxylation is 1. The predicted octanol–water partition coefficient (Wildman–Crippen LogP) is 6.67. The molecule has 0 bridgehead atoms. The normalized spacial score (nSPS) is 14.9. The van der Waals surface area contributed by atoms with Gasteiger partial charge >= 0.3 is 0 Å². The topological polar surface area (TPSA) is 69.0 Å². The number of anilines is 1. The third kappa shape index (κ3) is 4.59. The summed E-state index contributed by atoms with van der Waals surface area (Å²) in [4.78, 5) is 29.3. The van der Waals surface area contributed by atoms with Crippen LogP contribution in [0.4, 0.5) is 5.69 Å². The monoisotopic (exact) mass is 497 g/mol. The molecule has 37 heavy (non-hydrogen) atoms. The Balaban J connectivity index is 1.68. The lowest BCUT2D eigenvalue weighted by Crippen LogP contribution is -2.29. The van der Waals surface area contributed by atoms with Crippen LogP contribution in [0.5, 0.6) is 11.5 Å². The number of fused-ring (bicyclic) bond motifs is 2. The van der Waals surface area contributed by atoms with E-state index in [4.69, 9.17) is 13.9 Å². The van der Waals surface area contributed by atoms with Crippen LogP contribution in [0, 0.1) is 12.8 Å². The molecule has 6 nitrogen and oxygen atoms in total. The molecule has 1 amide bonds. The third-order valence-corrected chi connectivity index (χ3v) is 6.60. The molecule has 1 aliphatic rings. The highest BCUT2D eigenvalue weighted by Crippen LogP contribution is 2.43. The van der Waals surface area contributed by atoms with Gasteiger partial charge in [0, 0.05) is 5.69 Å². The van der Waals surface area contributed by atoms with Crippen LogP contribution in [0.3, 0.4) is 0 Å². The number of nitrogens with zero attached hydrogens (tertiary/aromatic N) is 1. The number of amides is 1. The molecule has 2 heterocycles. The second-order valence-electron chi connectivity index (χ2n) is 9.76. The molecule has 0 fully saturated rings. The van der Waals surface area contributed by atoms with Crippen molar-refractivity contribution in [2.24, 2.45) is 5.92 Å². The molecule has 0 saturated heterocycles. The minimum absolute atomic E-state index is 0.0745. The highest BCUT2D eigenvalue weighted by molar-refractivity contribution is 6.10. The Morgan fingerprint density at radius 1 is 0.946 bits per heavy atom. The van der Waals surface area contributed by atoms with Gasteiger partial charge in [0.2, 0.25) is 5.76 Å². The summed E-state index contributed by atoms with van der Waals surface area (Å²) in [5.41, 5.74) is 2.91. The summed E-state index contributed by atoms with van der Waals surface area (Å²) in [6.07, 6.45) is 0.924. The van der Waals surface area contributed by atoms with E-state index in [0.717, 1.165) is 17.5 Å². The largest absolute Gasteiger partial charge is 0.490 e. The van der Waals surface area contributed by atoms with Crippen LogP contribution >= 0.6 is 0 Å². The van der Waals surface area contributed by atoms with Crippen molar-refractivity contribution in [3.8, 4) is 11.5 Å². The number of hydrogen-bond acceptors (Lipinski definition) is 5. The van der Waals surface area contributed by atoms with Crippen molar-refractivity contribution in [3.05, 3.63) is 99.4 Å². The Kier molecular flexibility index (Phi) is 6.74. The minimum Gasteiger partial charge on any atom is -0.490 e. The fraction of sp³-hybridized carbons (Fsp3) is 0.290. The average Bonchev–Trinajstić information content (AvgIpc) is 3.18. The van der Waals surface area contributed by atoms with Gasteiger partial charge < -0.3 is 13.9 Å². The lowest BCUT2D eigenvalue weighted by Gasteiger charge is -2.26. The second kappa shape index (κ2) is 10.1. The van der Waals surface area contributed by atoms with Crippen molar-refractivity contribution in [3.63, 3.8) is 0 Å². The zero-order chi connectivity index (χ0) is 26.1. The van der Waals surface area contributed by atoms with E-state index in [-0.39, 0.29) is 17.1 Å². The first-order valence-corrected chi connectivity index (χ1v) is 12.7. The van der Waals surface area contributed by atoms with Gasteiger partial charge in [-0.15, -0.1) is 0 Å². The van der Waals surface area contributed by atoms with Crippen LogP contribution < -0.4 is 19.8 Å². The Bertz CT molecular complexity index is 1510. The summed E-state index contributed by atoms with van der Waals surface area (Å²) in [7, 11) is 0. The van der Waals surface area contributed by atoms with E-state index in [9.17, 15) is 9.59 Å². The standard InChI is InChI=1S/C31H31NO5/c1-5-35-26-18-21(12-14-25(26)36-16-15-19(2)3)28-27-29(33)23-17-20(4)11-13-24(23)37-30(27)31(34)32(28)22-9-7-6-8-10-22/h6-14,17-19,28H,5,15-16H2,1-4H3. The molecule has 0 N–H and O–H groups in total. The maximum absolute atomic E-state index is 13.9. The summed E-state index contributed by atoms with van der Waals surface area (Å²) in [5.74, 6) is 1.47. The fourth-order valence-corrected chi connectivity index (χ4v) is 4.74. The van der Waals surface area contributed by atoms with Crippen LogP contribution in [0.2, 0.25) is 0 Å². The maximum atomic E-state index is 13.9. The first kappa shape index (κ1) is 24.6. The van der Waals surface area contributed by atoms with Crippen LogP contribution in [-0.2, 0) is 0 Å². The number of carbonyl (C=O) groups excluding carboxylic acids is 1. The van der Waals surface area contributed by atoms with E-state index >= 15 is 0 Å². The molecular weight excluding hydrogens is 466 g/mol. The van der Waals surface area contributed by atoms with E-state index in [2.05, 4.69) is 13.8 Å². The first-order valence-electron chi connectivity index (χ1n) is 12.7. The van der Waals surface area contributed by atoms with Crippen LogP contribution in [0.25, 0.3) is 11.0 Å². The fourth-order valence-electron chi connectivity index (χ4n) is 4.74. The van der Waals surface area contributed by atoms with E-state index in [1.807, 2.05) is 74.5 Å². The summed E-state index contributed by atoms with van der Waals surface area (Å²) in [5, 5.41) is 0.463. The molecule has 6 heteroatoms. The molecule has 5 rings (SSSR count). The Morgan fingerprint density at radius 2 is 1.73 bits per heavy atom. The zero-order valence-electron chi connectivity index (χ0n) is 21.6. The van der Waals surface area contributed by atoms with Crippen molar-refractivity contribution in [2.45, 2.75) is 40.2 Å². The molecule has 1 unspecified atom stereocenters. The molecule has 0 spiro atoms. The molecule has 0 radical (unpaired) electrons. The van der Waals surface area contributed by atoms with Crippen LogP contribution in [0.15, 0.2) is 75.9 Å². The molecule has 1 aliphatic heterocycles. The number of carbonyl (C=O) groups is 1. The first-order chi connectivity index (χ1) is 17.9. The zero-order valence-corrected chi connectivity index (χ0v) is 21.6. The van der Waals surface area contributed by atoms with Gasteiger partial charge in [0.1, 0.15) is 5.58 Å². The van der Waals surface area contributed by atoms with Crippen molar-refractivity contribution >= 4 is 22.6 Å². The molecule has 3 aromatic carbocycles. The lowest BCUT2D eigenvalue weighted by atomic mass is 9.97. The van der Waals surface area contributed by atoms with Gasteiger partial charge in [-0.1, -0.05) is 49.7 Å². The van der Waals surface area contributed by atoms with Gasteiger partial charge in [-0.25, -0.2) is 0 Å². The van der Waals surface area contributed by atoms with Gasteiger partial charge in [-0.2, -0.15) is 0 Å². The molecule has 1 atom stereocenters. The molecular formula is C31H31NO5. The lowest BCUT2D eigenvalue weighted by molar-refractivity contribution is 0.0971. The van der Waals surface area contributed by atoms with Crippen molar-refractivity contribution in [1.82, 2.24) is 0 Å². The molecule has 4 aromatic rings. The van der Waals surface area contributed by atoms with E-state index in [1.54, 1.807) is 11.0 Å². The van der Waals surface area contributed by atoms with Crippen LogP contribution in [-0.4, -0.2) is 19.1 Å². The smallest absolute Gasteiger partial charge is 0.295 e. The SMILES string of the molecule is CCOc1cc(C2c3c(oc4ccc(C)cc4c3=O)C(=O)N2c2ccccc2)ccc1OCCC(C)C. The van der Waals surface area contributed by atoms with E-state index < -0.39 is 6.04 Å². The quantitative estimate of drug-likeness (QED) is 0.272. The van der Waals surface area contributed by atoms with Crippen molar-refractivity contribution in [2.75, 3.05) is 18.1 Å². The van der Waals surface area contributed by atoms with Crippen molar-refractivity contribution in [1.29, 1.82) is 0 Å². The Labute approximate surface area is 216 Å². The Hall–Kier alpha value is -4.06. The number of benzene rings is 3. The number of ether oxygens (including phenoxy) is 2. The van der Waals surface area contributed by atoms with Gasteiger partial charge in [0.25, 0.3) is 5.91 Å². The van der Waals surface area contributed by atoms with Gasteiger partial charge in [0.05, 0.1) is 30.2 Å². The Morgan fingerprint density at radius 3 is 2.46 bits per heavy atom. The summed E-state index contributed by atoms with van der Waals surface area (Å²) in [6, 6.07) is 19.7. The number of rotatable bonds is 8. The summed E-state index contributed by atoms with van der Waals surface area (Å²) >= 11 is 0. The highest BCUT2D eigenvalue weighted by Gasteiger charge is 2.43. The van der Waals surface area contributed by atoms with Crippen LogP contribution in [0.1, 0.15) is 60.5 Å². The second-order valence-corrected chi connectivity index (χ2v) is 9.76. The molecule has 0 aliphatic carbocycles. The van der Waals surface area contributed by atoms with E-state index in [0.29, 0.717) is 52.9 Å². The average molecular weight is 498 g/mol. The highest BCUT2D eigenvalue weighted by atomic mass is 16.5. The summed E-state index contributed by atoms with van der Waals surface area (Å²) in [6.45, 7) is 9.18. The van der Waals surface area contributed by atoms with Gasteiger partial charge in [0.15, 0.2) is 16.9 Å². The molecule has 1 aromatic heterocycles. The predicted molar refractivity (Wildman–Crippen MR) is 145 cm³/mol. The van der Waals surface area contributed by atoms with Crippen molar-refractivity contribution < 1.29 is 18.7 Å². The minimum atomic E-state index is -0.671. The number of hydrogen-bond donors (Lipinski definition) is 0. The maximum Gasteiger partial charge on any atom is 0.295 e. The van der Waals surface area contributed by atoms with E-state index in [1.165, 1.54) is 0 Å². The molecule has 0 saturated carbocycles. The van der Waals surface area contributed by atoms with Gasteiger partial charge in [-0.3, -0.25) is 14.5 Å². The third-order valence-electron chi connectivity index (χ3n) is 6.60. The van der Waals surface area contributed by atoms with Gasteiger partial charge in [-0.05, 0) is 68.1 Å². The molecule has 190 valence electrons. The number of para-hydroxylation sites is 1. The summed E-state index contributed by atoms with van der Waals surface area (Å²) < 4.78 is 18.1.